The zero-order chi connectivity index (χ0) is 25.8. The van der Waals surface area contributed by atoms with Gasteiger partial charge in [-0.25, -0.2) is 0 Å². The molecule has 8 heteroatoms. The molecule has 6 N–H and O–H groups in total. The Kier molecular flexibility index (Phi) is 7.60. The zero-order valence-electron chi connectivity index (χ0n) is 21.0. The van der Waals surface area contributed by atoms with Crippen molar-refractivity contribution in [3.63, 3.8) is 0 Å². The average Bonchev–Trinajstić information content (AvgIpc) is 3.73. The first kappa shape index (κ1) is 25.1. The smallest absolute Gasteiger partial charge is 0.237 e. The lowest BCUT2D eigenvalue weighted by molar-refractivity contribution is -0.124. The molecule has 2 aliphatic heterocycles. The number of piperidine rings is 1. The van der Waals surface area contributed by atoms with Gasteiger partial charge in [0, 0.05) is 24.5 Å². The minimum atomic E-state index is -0.218. The molecule has 192 valence electrons. The largest absolute Gasteiger partial charge is 0.384 e. The van der Waals surface area contributed by atoms with Gasteiger partial charge in [-0.05, 0) is 60.5 Å². The molecule has 2 unspecified atom stereocenters. The van der Waals surface area contributed by atoms with Crippen molar-refractivity contribution in [2.45, 2.75) is 56.6 Å². The van der Waals surface area contributed by atoms with E-state index in [1.54, 1.807) is 6.20 Å². The van der Waals surface area contributed by atoms with E-state index in [1.807, 2.05) is 43.5 Å². The van der Waals surface area contributed by atoms with Crippen molar-refractivity contribution in [1.82, 2.24) is 20.9 Å². The van der Waals surface area contributed by atoms with Gasteiger partial charge in [0.15, 0.2) is 0 Å². The SMILES string of the molecule is C[C@H](NC(=O)[C@H]1C[C@@H](c2ccc(-c3cccnc3)cc2)CCN1)C1OC1NCc1ccc(C(=N)N)cc1. The molecule has 8 nitrogen and oxygen atoms in total. The van der Waals surface area contributed by atoms with E-state index in [2.05, 4.69) is 51.3 Å². The topological polar surface area (TPSA) is 128 Å². The van der Waals surface area contributed by atoms with Crippen molar-refractivity contribution in [3.05, 3.63) is 89.7 Å². The summed E-state index contributed by atoms with van der Waals surface area (Å²) in [7, 11) is 0. The lowest BCUT2D eigenvalue weighted by Gasteiger charge is -2.30. The molecule has 1 amide bonds. The molecule has 0 aliphatic carbocycles. The molecule has 3 heterocycles. The summed E-state index contributed by atoms with van der Waals surface area (Å²) in [4.78, 5) is 17.2. The number of hydrogen-bond donors (Lipinski definition) is 5. The second kappa shape index (κ2) is 11.2. The lowest BCUT2D eigenvalue weighted by Crippen LogP contribution is -2.51. The Morgan fingerprint density at radius 3 is 2.65 bits per heavy atom. The monoisotopic (exact) mass is 498 g/mol. The number of nitrogens with zero attached hydrogens (tertiary/aromatic N) is 1. The van der Waals surface area contributed by atoms with Crippen molar-refractivity contribution in [1.29, 1.82) is 5.41 Å². The first-order valence-corrected chi connectivity index (χ1v) is 12.8. The third kappa shape index (κ3) is 6.22. The summed E-state index contributed by atoms with van der Waals surface area (Å²) in [5.41, 5.74) is 10.8. The van der Waals surface area contributed by atoms with Crippen LogP contribution in [-0.4, -0.2) is 47.7 Å². The molecular formula is C29H34N6O2. The van der Waals surface area contributed by atoms with Gasteiger partial charge in [0.05, 0.1) is 12.1 Å². The summed E-state index contributed by atoms with van der Waals surface area (Å²) in [5, 5.41) is 17.4. The van der Waals surface area contributed by atoms with Gasteiger partial charge < -0.3 is 21.1 Å². The molecular weight excluding hydrogens is 464 g/mol. The van der Waals surface area contributed by atoms with Crippen LogP contribution in [0.5, 0.6) is 0 Å². The zero-order valence-corrected chi connectivity index (χ0v) is 21.0. The van der Waals surface area contributed by atoms with E-state index >= 15 is 0 Å². The van der Waals surface area contributed by atoms with Crippen molar-refractivity contribution >= 4 is 11.7 Å². The number of carbonyl (C=O) groups excluding carboxylic acids is 1. The third-order valence-corrected chi connectivity index (χ3v) is 7.26. The molecule has 3 aromatic rings. The number of aromatic nitrogens is 1. The number of nitrogens with one attached hydrogen (secondary N) is 4. The number of rotatable bonds is 9. The summed E-state index contributed by atoms with van der Waals surface area (Å²) >= 11 is 0. The highest BCUT2D eigenvalue weighted by Gasteiger charge is 2.44. The van der Waals surface area contributed by atoms with Crippen molar-refractivity contribution in [2.75, 3.05) is 6.54 Å². The molecule has 0 spiro atoms. The molecule has 2 saturated heterocycles. The molecule has 2 aromatic carbocycles. The fourth-order valence-electron chi connectivity index (χ4n) is 5.00. The molecule has 0 radical (unpaired) electrons. The van der Waals surface area contributed by atoms with Gasteiger partial charge in [-0.1, -0.05) is 54.6 Å². The van der Waals surface area contributed by atoms with E-state index in [1.165, 1.54) is 5.56 Å². The second-order valence-corrected chi connectivity index (χ2v) is 9.90. The van der Waals surface area contributed by atoms with Crippen molar-refractivity contribution in [2.24, 2.45) is 5.73 Å². The Bertz CT molecular complexity index is 1220. The van der Waals surface area contributed by atoms with E-state index in [9.17, 15) is 4.79 Å². The van der Waals surface area contributed by atoms with Gasteiger partial charge >= 0.3 is 0 Å². The molecule has 0 saturated carbocycles. The number of carbonyl (C=O) groups is 1. The summed E-state index contributed by atoms with van der Waals surface area (Å²) in [6, 6.07) is 19.9. The first-order valence-electron chi connectivity index (χ1n) is 12.8. The van der Waals surface area contributed by atoms with E-state index in [4.69, 9.17) is 15.9 Å². The van der Waals surface area contributed by atoms with Gasteiger partial charge in [-0.15, -0.1) is 0 Å². The maximum atomic E-state index is 13.0. The van der Waals surface area contributed by atoms with Crippen LogP contribution in [-0.2, 0) is 16.1 Å². The lowest BCUT2D eigenvalue weighted by atomic mass is 9.85. The maximum Gasteiger partial charge on any atom is 0.237 e. The van der Waals surface area contributed by atoms with E-state index in [-0.39, 0.29) is 36.2 Å². The van der Waals surface area contributed by atoms with E-state index < -0.39 is 0 Å². The van der Waals surface area contributed by atoms with Gasteiger partial charge in [-0.2, -0.15) is 0 Å². The first-order chi connectivity index (χ1) is 18.0. The Hall–Kier alpha value is -3.59. The molecule has 37 heavy (non-hydrogen) atoms. The van der Waals surface area contributed by atoms with Crippen LogP contribution in [0.25, 0.3) is 11.1 Å². The minimum absolute atomic E-state index is 0.0262. The van der Waals surface area contributed by atoms with Crippen LogP contribution < -0.4 is 21.7 Å². The van der Waals surface area contributed by atoms with Gasteiger partial charge in [-0.3, -0.25) is 20.5 Å². The Morgan fingerprint density at radius 1 is 1.16 bits per heavy atom. The molecule has 0 bridgehead atoms. The highest BCUT2D eigenvalue weighted by atomic mass is 16.6. The number of hydrogen-bond acceptors (Lipinski definition) is 6. The number of nitrogen functional groups attached to an aromatic ring is 1. The molecule has 2 fully saturated rings. The summed E-state index contributed by atoms with van der Waals surface area (Å²) in [5.74, 6) is 0.432. The molecule has 5 rings (SSSR count). The number of amides is 1. The number of pyridine rings is 1. The van der Waals surface area contributed by atoms with E-state index in [0.29, 0.717) is 18.0 Å². The van der Waals surface area contributed by atoms with Crippen LogP contribution in [0, 0.1) is 5.41 Å². The maximum absolute atomic E-state index is 13.0. The van der Waals surface area contributed by atoms with Gasteiger partial charge in [0.1, 0.15) is 18.2 Å². The molecule has 5 atom stereocenters. The molecule has 1 aromatic heterocycles. The number of ether oxygens (including phenoxy) is 1. The Balaban J connectivity index is 1.09. The fraction of sp³-hybridized carbons (Fsp3) is 0.345. The van der Waals surface area contributed by atoms with Crippen molar-refractivity contribution in [3.8, 4) is 11.1 Å². The van der Waals surface area contributed by atoms with Crippen LogP contribution in [0.1, 0.15) is 42.4 Å². The van der Waals surface area contributed by atoms with Crippen molar-refractivity contribution < 1.29 is 9.53 Å². The Morgan fingerprint density at radius 2 is 1.95 bits per heavy atom. The van der Waals surface area contributed by atoms with Crippen LogP contribution in [0.3, 0.4) is 0 Å². The van der Waals surface area contributed by atoms with E-state index in [0.717, 1.165) is 36.1 Å². The second-order valence-electron chi connectivity index (χ2n) is 9.90. The van der Waals surface area contributed by atoms with Crippen LogP contribution >= 0.6 is 0 Å². The number of amidine groups is 1. The summed E-state index contributed by atoms with van der Waals surface area (Å²) < 4.78 is 5.78. The normalized spacial score (nSPS) is 23.7. The quantitative estimate of drug-likeness (QED) is 0.175. The highest BCUT2D eigenvalue weighted by molar-refractivity contribution is 5.94. The molecule has 2 aliphatic rings. The minimum Gasteiger partial charge on any atom is -0.384 e. The van der Waals surface area contributed by atoms with Crippen LogP contribution in [0.4, 0.5) is 0 Å². The summed E-state index contributed by atoms with van der Waals surface area (Å²) in [6.45, 7) is 3.45. The predicted molar refractivity (Wildman–Crippen MR) is 144 cm³/mol. The number of benzene rings is 2. The highest BCUT2D eigenvalue weighted by Crippen LogP contribution is 2.30. The predicted octanol–water partition coefficient (Wildman–Crippen LogP) is 2.89. The van der Waals surface area contributed by atoms with Crippen LogP contribution in [0.15, 0.2) is 73.1 Å². The van der Waals surface area contributed by atoms with Crippen LogP contribution in [0.2, 0.25) is 0 Å². The standard InChI is InChI=1S/C29H34N6O2/c1-18(26-29(37-26)34-16-19-4-6-22(7-5-19)27(30)31)35-28(36)25-15-23(12-14-33-25)20-8-10-21(11-9-20)24-3-2-13-32-17-24/h2-11,13,17-18,23,25-26,29,33-34H,12,14-16H2,1H3,(H3,30,31)(H,35,36)/t18-,23-,25+,26?,29?/m0/s1. The Labute approximate surface area is 217 Å². The third-order valence-electron chi connectivity index (χ3n) is 7.26. The average molecular weight is 499 g/mol. The van der Waals surface area contributed by atoms with Gasteiger partial charge in [0.25, 0.3) is 0 Å². The summed E-state index contributed by atoms with van der Waals surface area (Å²) in [6.07, 6.45) is 5.29. The number of nitrogens with two attached hydrogens (primary N) is 1. The number of epoxide rings is 1. The fourth-order valence-corrected chi connectivity index (χ4v) is 5.00. The van der Waals surface area contributed by atoms with Gasteiger partial charge in [0.2, 0.25) is 5.91 Å².